The first-order valence-corrected chi connectivity index (χ1v) is 8.52. The SMILES string of the molecule is Cc1ccc2c(c1)ncc1ccc(=O)n(-c3ccc(C)c(NC(N)=O)c3)c12. The van der Waals surface area contributed by atoms with E-state index in [2.05, 4.69) is 10.3 Å². The summed E-state index contributed by atoms with van der Waals surface area (Å²) in [5.74, 6) is 0. The fourth-order valence-electron chi connectivity index (χ4n) is 3.29. The number of nitrogens with one attached hydrogen (secondary N) is 1. The molecule has 0 unspecified atom stereocenters. The molecule has 0 bridgehead atoms. The van der Waals surface area contributed by atoms with Crippen LogP contribution in [0.1, 0.15) is 11.1 Å². The van der Waals surface area contributed by atoms with Gasteiger partial charge in [-0.15, -0.1) is 0 Å². The van der Waals surface area contributed by atoms with Crippen LogP contribution in [0.3, 0.4) is 0 Å². The molecule has 0 fully saturated rings. The number of nitrogens with two attached hydrogens (primary N) is 1. The lowest BCUT2D eigenvalue weighted by molar-refractivity contribution is 0.259. The molecule has 0 atom stereocenters. The predicted molar refractivity (Wildman–Crippen MR) is 108 cm³/mol. The van der Waals surface area contributed by atoms with Gasteiger partial charge >= 0.3 is 6.03 Å². The molecule has 27 heavy (non-hydrogen) atoms. The maximum absolute atomic E-state index is 12.8. The lowest BCUT2D eigenvalue weighted by Gasteiger charge is -2.15. The largest absolute Gasteiger partial charge is 0.351 e. The van der Waals surface area contributed by atoms with Gasteiger partial charge in [0.05, 0.1) is 16.7 Å². The van der Waals surface area contributed by atoms with E-state index in [1.165, 1.54) is 6.07 Å². The summed E-state index contributed by atoms with van der Waals surface area (Å²) in [5, 5.41) is 4.35. The van der Waals surface area contributed by atoms with Gasteiger partial charge in [-0.05, 0) is 49.2 Å². The summed E-state index contributed by atoms with van der Waals surface area (Å²) in [6.07, 6.45) is 1.77. The molecule has 4 aromatic rings. The van der Waals surface area contributed by atoms with E-state index in [9.17, 15) is 9.59 Å². The van der Waals surface area contributed by atoms with E-state index in [1.54, 1.807) is 22.9 Å². The fraction of sp³-hybridized carbons (Fsp3) is 0.0952. The summed E-state index contributed by atoms with van der Waals surface area (Å²) in [5.41, 5.74) is 9.87. The zero-order valence-corrected chi connectivity index (χ0v) is 15.0. The van der Waals surface area contributed by atoms with Gasteiger partial charge in [0, 0.05) is 28.7 Å². The lowest BCUT2D eigenvalue weighted by Crippen LogP contribution is -2.21. The van der Waals surface area contributed by atoms with Crippen molar-refractivity contribution in [3.05, 3.63) is 76.2 Å². The molecule has 2 aromatic carbocycles. The van der Waals surface area contributed by atoms with Crippen LogP contribution in [0.4, 0.5) is 10.5 Å². The second-order valence-electron chi connectivity index (χ2n) is 6.58. The third-order valence-electron chi connectivity index (χ3n) is 4.61. The smallest absolute Gasteiger partial charge is 0.316 e. The zero-order valence-electron chi connectivity index (χ0n) is 15.0. The number of carbonyl (C=O) groups is 1. The molecule has 6 nitrogen and oxygen atoms in total. The number of aromatic nitrogens is 2. The van der Waals surface area contributed by atoms with Crippen LogP contribution < -0.4 is 16.6 Å². The molecule has 134 valence electrons. The van der Waals surface area contributed by atoms with Crippen molar-refractivity contribution in [2.24, 2.45) is 5.73 Å². The Bertz CT molecular complexity index is 1270. The van der Waals surface area contributed by atoms with Crippen LogP contribution in [-0.2, 0) is 0 Å². The average Bonchev–Trinajstić information content (AvgIpc) is 2.63. The first kappa shape index (κ1) is 16.8. The van der Waals surface area contributed by atoms with Gasteiger partial charge in [0.1, 0.15) is 0 Å². The van der Waals surface area contributed by atoms with Gasteiger partial charge in [-0.2, -0.15) is 0 Å². The van der Waals surface area contributed by atoms with Crippen molar-refractivity contribution in [2.75, 3.05) is 5.32 Å². The molecule has 3 N–H and O–H groups in total. The fourth-order valence-corrected chi connectivity index (χ4v) is 3.29. The average molecular weight is 358 g/mol. The Balaban J connectivity index is 2.08. The first-order valence-electron chi connectivity index (χ1n) is 8.52. The molecule has 0 aliphatic rings. The number of nitrogens with zero attached hydrogens (tertiary/aromatic N) is 2. The van der Waals surface area contributed by atoms with Crippen LogP contribution in [0.25, 0.3) is 27.5 Å². The van der Waals surface area contributed by atoms with Gasteiger partial charge in [0.2, 0.25) is 0 Å². The quantitative estimate of drug-likeness (QED) is 0.536. The Labute approximate surface area is 155 Å². The Morgan fingerprint density at radius 2 is 1.89 bits per heavy atom. The number of anilines is 1. The van der Waals surface area contributed by atoms with Gasteiger partial charge in [0.15, 0.2) is 0 Å². The molecule has 6 heteroatoms. The van der Waals surface area contributed by atoms with Gasteiger partial charge in [0.25, 0.3) is 5.56 Å². The van der Waals surface area contributed by atoms with E-state index in [4.69, 9.17) is 5.73 Å². The number of carbonyl (C=O) groups excluding carboxylic acids is 1. The van der Waals surface area contributed by atoms with E-state index in [0.717, 1.165) is 32.9 Å². The molecule has 2 aromatic heterocycles. The highest BCUT2D eigenvalue weighted by atomic mass is 16.2. The minimum absolute atomic E-state index is 0.163. The molecule has 0 saturated carbocycles. The molecular formula is C21H18N4O2. The Morgan fingerprint density at radius 3 is 2.67 bits per heavy atom. The van der Waals surface area contributed by atoms with Crippen molar-refractivity contribution in [2.45, 2.75) is 13.8 Å². The van der Waals surface area contributed by atoms with Crippen LogP contribution in [-0.4, -0.2) is 15.6 Å². The normalized spacial score (nSPS) is 11.0. The second kappa shape index (κ2) is 6.25. The maximum Gasteiger partial charge on any atom is 0.316 e. The predicted octanol–water partition coefficient (Wildman–Crippen LogP) is 3.65. The highest BCUT2D eigenvalue weighted by Gasteiger charge is 2.12. The van der Waals surface area contributed by atoms with E-state index in [0.29, 0.717) is 11.4 Å². The van der Waals surface area contributed by atoms with Crippen molar-refractivity contribution >= 4 is 33.5 Å². The minimum Gasteiger partial charge on any atom is -0.351 e. The number of primary amides is 1. The molecule has 2 amide bonds. The van der Waals surface area contributed by atoms with Crippen molar-refractivity contribution in [3.8, 4) is 5.69 Å². The minimum atomic E-state index is -0.648. The summed E-state index contributed by atoms with van der Waals surface area (Å²) in [6.45, 7) is 3.87. The Hall–Kier alpha value is -3.67. The van der Waals surface area contributed by atoms with Gasteiger partial charge in [-0.1, -0.05) is 18.2 Å². The number of benzene rings is 2. The van der Waals surface area contributed by atoms with Gasteiger partial charge in [-0.3, -0.25) is 14.3 Å². The third-order valence-corrected chi connectivity index (χ3v) is 4.61. The number of hydrogen-bond donors (Lipinski definition) is 2. The number of amides is 2. The summed E-state index contributed by atoms with van der Waals surface area (Å²) < 4.78 is 1.64. The van der Waals surface area contributed by atoms with Crippen LogP contribution in [0, 0.1) is 13.8 Å². The number of hydrogen-bond acceptors (Lipinski definition) is 3. The monoisotopic (exact) mass is 358 g/mol. The summed E-state index contributed by atoms with van der Waals surface area (Å²) in [4.78, 5) is 28.6. The number of urea groups is 1. The summed E-state index contributed by atoms with van der Waals surface area (Å²) in [7, 11) is 0. The van der Waals surface area contributed by atoms with Crippen LogP contribution in [0.5, 0.6) is 0 Å². The molecular weight excluding hydrogens is 340 g/mol. The number of pyridine rings is 2. The number of rotatable bonds is 2. The Kier molecular flexibility index (Phi) is 3.88. The second-order valence-corrected chi connectivity index (χ2v) is 6.58. The lowest BCUT2D eigenvalue weighted by atomic mass is 10.1. The van der Waals surface area contributed by atoms with Gasteiger partial charge in [-0.25, -0.2) is 4.79 Å². The molecule has 0 aliphatic heterocycles. The summed E-state index contributed by atoms with van der Waals surface area (Å²) in [6, 6.07) is 14.1. The number of fused-ring (bicyclic) bond motifs is 3. The van der Waals surface area contributed by atoms with Crippen molar-refractivity contribution < 1.29 is 4.79 Å². The number of aryl methyl sites for hydroxylation is 2. The van der Waals surface area contributed by atoms with Crippen molar-refractivity contribution in [1.29, 1.82) is 0 Å². The molecule has 2 heterocycles. The highest BCUT2D eigenvalue weighted by molar-refractivity contribution is 6.04. The van der Waals surface area contributed by atoms with Crippen LogP contribution in [0.15, 0.2) is 59.5 Å². The van der Waals surface area contributed by atoms with Gasteiger partial charge < -0.3 is 11.1 Å². The summed E-state index contributed by atoms with van der Waals surface area (Å²) >= 11 is 0. The van der Waals surface area contributed by atoms with E-state index in [-0.39, 0.29) is 5.56 Å². The van der Waals surface area contributed by atoms with E-state index < -0.39 is 6.03 Å². The maximum atomic E-state index is 12.8. The molecule has 0 aliphatic carbocycles. The van der Waals surface area contributed by atoms with E-state index in [1.807, 2.05) is 44.2 Å². The zero-order chi connectivity index (χ0) is 19.1. The van der Waals surface area contributed by atoms with Crippen molar-refractivity contribution in [3.63, 3.8) is 0 Å². The molecule has 0 radical (unpaired) electrons. The third kappa shape index (κ3) is 2.91. The van der Waals surface area contributed by atoms with Crippen LogP contribution >= 0.6 is 0 Å². The topological polar surface area (TPSA) is 90.0 Å². The van der Waals surface area contributed by atoms with Crippen LogP contribution in [0.2, 0.25) is 0 Å². The first-order chi connectivity index (χ1) is 12.9. The molecule has 4 rings (SSSR count). The molecule has 0 saturated heterocycles. The van der Waals surface area contributed by atoms with Crippen molar-refractivity contribution in [1.82, 2.24) is 9.55 Å². The standard InChI is InChI=1S/C21H18N4O2/c1-12-3-7-16-18(9-12)23-11-14-5-8-19(26)25(20(14)16)15-6-4-13(2)17(10-15)24-21(22)27/h3-11H,1-2H3,(H3,22,24,27). The highest BCUT2D eigenvalue weighted by Crippen LogP contribution is 2.27. The molecule has 0 spiro atoms. The van der Waals surface area contributed by atoms with E-state index >= 15 is 0 Å². The Morgan fingerprint density at radius 1 is 1.07 bits per heavy atom.